The molecule has 2 N–H and O–H groups in total. The maximum Gasteiger partial charge on any atom is 0.130 e. The van der Waals surface area contributed by atoms with Gasteiger partial charge in [-0.2, -0.15) is 0 Å². The van der Waals surface area contributed by atoms with Crippen LogP contribution in [-0.2, 0) is 22.6 Å². The minimum Gasteiger partial charge on any atom is -0.462 e. The average Bonchev–Trinajstić information content (AvgIpc) is 2.71. The Kier molecular flexibility index (Phi) is 4.59. The summed E-state index contributed by atoms with van der Waals surface area (Å²) in [5.74, 6) is 1.69. The molecule has 0 saturated carbocycles. The van der Waals surface area contributed by atoms with Gasteiger partial charge < -0.3 is 19.6 Å². The molecule has 4 heteroatoms. The molecule has 1 aliphatic heterocycles. The van der Waals surface area contributed by atoms with Crippen molar-refractivity contribution < 1.29 is 13.9 Å². The van der Waals surface area contributed by atoms with Crippen molar-refractivity contribution in [1.82, 2.24) is 0 Å². The zero-order valence-corrected chi connectivity index (χ0v) is 10.4. The molecule has 1 fully saturated rings. The Morgan fingerprint density at radius 1 is 1.47 bits per heavy atom. The summed E-state index contributed by atoms with van der Waals surface area (Å²) in [5.41, 5.74) is 6.65. The molecule has 1 aliphatic rings. The predicted octanol–water partition coefficient (Wildman–Crippen LogP) is 2.13. The Morgan fingerprint density at radius 2 is 2.35 bits per heavy atom. The van der Waals surface area contributed by atoms with Gasteiger partial charge in [0.05, 0.1) is 19.3 Å². The van der Waals surface area contributed by atoms with Gasteiger partial charge in [0.1, 0.15) is 18.1 Å². The number of furan rings is 1. The van der Waals surface area contributed by atoms with E-state index in [9.17, 15) is 0 Å². The Hall–Kier alpha value is -0.840. The summed E-state index contributed by atoms with van der Waals surface area (Å²) < 4.78 is 16.8. The molecule has 17 heavy (non-hydrogen) atoms. The van der Waals surface area contributed by atoms with Crippen LogP contribution >= 0.6 is 0 Å². The van der Waals surface area contributed by atoms with E-state index in [1.807, 2.05) is 13.0 Å². The lowest BCUT2D eigenvalue weighted by molar-refractivity contribution is -0.0473. The minimum atomic E-state index is 0.258. The van der Waals surface area contributed by atoms with Crippen LogP contribution in [0.2, 0.25) is 0 Å². The summed E-state index contributed by atoms with van der Waals surface area (Å²) >= 11 is 0. The molecular weight excluding hydrogens is 218 g/mol. The highest BCUT2D eigenvalue weighted by molar-refractivity contribution is 5.19. The summed E-state index contributed by atoms with van der Waals surface area (Å²) in [6.07, 6.45) is 3.78. The fourth-order valence-corrected chi connectivity index (χ4v) is 2.09. The van der Waals surface area contributed by atoms with Crippen LogP contribution in [0.25, 0.3) is 0 Å². The van der Waals surface area contributed by atoms with Crippen molar-refractivity contribution in [3.63, 3.8) is 0 Å². The third-order valence-electron chi connectivity index (χ3n) is 3.08. The molecular formula is C13H21NO3. The number of ether oxygens (including phenoxy) is 2. The maximum atomic E-state index is 5.61. The molecule has 0 bridgehead atoms. The first kappa shape index (κ1) is 12.6. The van der Waals surface area contributed by atoms with Crippen molar-refractivity contribution in [2.45, 2.75) is 45.4 Å². The van der Waals surface area contributed by atoms with Crippen LogP contribution in [0.3, 0.4) is 0 Å². The molecule has 0 aliphatic carbocycles. The van der Waals surface area contributed by atoms with Gasteiger partial charge in [0.25, 0.3) is 0 Å². The first-order valence-corrected chi connectivity index (χ1v) is 6.27. The number of hydrogen-bond donors (Lipinski definition) is 1. The van der Waals surface area contributed by atoms with E-state index in [0.29, 0.717) is 19.8 Å². The highest BCUT2D eigenvalue weighted by Crippen LogP contribution is 2.16. The van der Waals surface area contributed by atoms with Gasteiger partial charge in [-0.15, -0.1) is 0 Å². The van der Waals surface area contributed by atoms with E-state index >= 15 is 0 Å². The largest absolute Gasteiger partial charge is 0.462 e. The molecule has 0 spiro atoms. The van der Waals surface area contributed by atoms with Crippen molar-refractivity contribution in [2.75, 3.05) is 13.2 Å². The molecule has 0 amide bonds. The fourth-order valence-electron chi connectivity index (χ4n) is 2.09. The highest BCUT2D eigenvalue weighted by atomic mass is 16.5. The lowest BCUT2D eigenvalue weighted by Crippen LogP contribution is -2.24. The minimum absolute atomic E-state index is 0.258. The van der Waals surface area contributed by atoms with E-state index in [-0.39, 0.29) is 6.10 Å². The lowest BCUT2D eigenvalue weighted by Gasteiger charge is -2.21. The van der Waals surface area contributed by atoms with Crippen LogP contribution in [0.5, 0.6) is 0 Å². The van der Waals surface area contributed by atoms with E-state index in [1.54, 1.807) is 0 Å². The van der Waals surface area contributed by atoms with E-state index < -0.39 is 0 Å². The standard InChI is InChI=1S/C13H21NO3/c1-10-6-12(17-13(10)7-14)9-15-8-11-4-2-3-5-16-11/h6,11H,2-5,7-9,14H2,1H3. The first-order valence-electron chi connectivity index (χ1n) is 6.27. The van der Waals surface area contributed by atoms with E-state index in [2.05, 4.69) is 0 Å². The van der Waals surface area contributed by atoms with Crippen LogP contribution in [0.15, 0.2) is 10.5 Å². The van der Waals surface area contributed by atoms with E-state index in [0.717, 1.165) is 30.1 Å². The van der Waals surface area contributed by atoms with E-state index in [1.165, 1.54) is 12.8 Å². The van der Waals surface area contributed by atoms with Gasteiger partial charge in [-0.25, -0.2) is 0 Å². The van der Waals surface area contributed by atoms with Crippen LogP contribution in [-0.4, -0.2) is 19.3 Å². The van der Waals surface area contributed by atoms with Gasteiger partial charge in [-0.1, -0.05) is 0 Å². The molecule has 1 atom stereocenters. The van der Waals surface area contributed by atoms with Gasteiger partial charge in [0.2, 0.25) is 0 Å². The number of nitrogens with two attached hydrogens (primary N) is 1. The number of aryl methyl sites for hydroxylation is 1. The predicted molar refractivity (Wildman–Crippen MR) is 64.6 cm³/mol. The zero-order chi connectivity index (χ0) is 12.1. The van der Waals surface area contributed by atoms with Gasteiger partial charge in [0, 0.05) is 6.61 Å². The van der Waals surface area contributed by atoms with E-state index in [4.69, 9.17) is 19.6 Å². The van der Waals surface area contributed by atoms with Crippen LogP contribution in [0.1, 0.15) is 36.3 Å². The van der Waals surface area contributed by atoms with Crippen LogP contribution in [0, 0.1) is 6.92 Å². The summed E-state index contributed by atoms with van der Waals surface area (Å²) in [5, 5.41) is 0. The molecule has 2 heterocycles. The Morgan fingerprint density at radius 3 is 3.00 bits per heavy atom. The highest BCUT2D eigenvalue weighted by Gasteiger charge is 2.14. The van der Waals surface area contributed by atoms with Gasteiger partial charge in [-0.3, -0.25) is 0 Å². The molecule has 96 valence electrons. The molecule has 1 aromatic heterocycles. The Bertz CT molecular complexity index is 342. The van der Waals surface area contributed by atoms with Crippen molar-refractivity contribution in [3.05, 3.63) is 23.2 Å². The monoisotopic (exact) mass is 239 g/mol. The summed E-state index contributed by atoms with van der Waals surface area (Å²) in [7, 11) is 0. The molecule has 1 saturated heterocycles. The second-order valence-electron chi connectivity index (χ2n) is 4.53. The average molecular weight is 239 g/mol. The normalized spacial score (nSPS) is 20.7. The summed E-state index contributed by atoms with van der Waals surface area (Å²) in [6.45, 7) is 4.46. The third kappa shape index (κ3) is 3.56. The third-order valence-corrected chi connectivity index (χ3v) is 3.08. The Labute approximate surface area is 102 Å². The maximum absolute atomic E-state index is 5.61. The molecule has 0 aromatic carbocycles. The van der Waals surface area contributed by atoms with Gasteiger partial charge in [0.15, 0.2) is 0 Å². The second-order valence-corrected chi connectivity index (χ2v) is 4.53. The summed E-state index contributed by atoms with van der Waals surface area (Å²) in [4.78, 5) is 0. The van der Waals surface area contributed by atoms with Crippen molar-refractivity contribution in [2.24, 2.45) is 5.73 Å². The lowest BCUT2D eigenvalue weighted by atomic mass is 10.1. The molecule has 1 unspecified atom stereocenters. The second kappa shape index (κ2) is 6.19. The Balaban J connectivity index is 1.73. The molecule has 0 radical (unpaired) electrons. The van der Waals surface area contributed by atoms with Crippen LogP contribution < -0.4 is 5.73 Å². The quantitative estimate of drug-likeness (QED) is 0.855. The first-order chi connectivity index (χ1) is 8.29. The molecule has 1 aromatic rings. The molecule has 2 rings (SSSR count). The fraction of sp³-hybridized carbons (Fsp3) is 0.692. The van der Waals surface area contributed by atoms with Crippen molar-refractivity contribution in [1.29, 1.82) is 0 Å². The van der Waals surface area contributed by atoms with Crippen LogP contribution in [0.4, 0.5) is 0 Å². The molecule has 4 nitrogen and oxygen atoms in total. The number of rotatable bonds is 5. The van der Waals surface area contributed by atoms with Crippen molar-refractivity contribution >= 4 is 0 Å². The smallest absolute Gasteiger partial charge is 0.130 e. The topological polar surface area (TPSA) is 57.6 Å². The van der Waals surface area contributed by atoms with Gasteiger partial charge >= 0.3 is 0 Å². The summed E-state index contributed by atoms with van der Waals surface area (Å²) in [6, 6.07) is 1.99. The van der Waals surface area contributed by atoms with Gasteiger partial charge in [-0.05, 0) is 37.8 Å². The zero-order valence-electron chi connectivity index (χ0n) is 10.4. The number of hydrogen-bond acceptors (Lipinski definition) is 4. The SMILES string of the molecule is Cc1cc(COCC2CCCCO2)oc1CN. The van der Waals surface area contributed by atoms with Crippen molar-refractivity contribution in [3.8, 4) is 0 Å².